The monoisotopic (exact) mass is 1020 g/mol. The van der Waals surface area contributed by atoms with Gasteiger partial charge in [-0.05, 0) is 57.2 Å². The van der Waals surface area contributed by atoms with Crippen LogP contribution in [0.4, 0.5) is 0 Å². The smallest absolute Gasteiger partial charge is 0.394 e. The molecule has 1 saturated heterocycles. The van der Waals surface area contributed by atoms with Gasteiger partial charge in [-0.25, -0.2) is 14.0 Å². The van der Waals surface area contributed by atoms with Crippen molar-refractivity contribution in [2.45, 2.75) is 32.9 Å². The second-order valence-corrected chi connectivity index (χ2v) is 15.9. The molecule has 0 bridgehead atoms. The van der Waals surface area contributed by atoms with Crippen molar-refractivity contribution in [3.63, 3.8) is 0 Å². The molecule has 25 nitrogen and oxygen atoms in total. The summed E-state index contributed by atoms with van der Waals surface area (Å²) in [5.41, 5.74) is 9.05. The summed E-state index contributed by atoms with van der Waals surface area (Å²) in [5.74, 6) is -1.77. The second-order valence-electron chi connectivity index (χ2n) is 15.0. The average molecular weight is 1020 g/mol. The number of carbonyl (C=O) groups is 5. The first-order valence-corrected chi connectivity index (χ1v) is 22.6. The second kappa shape index (κ2) is 26.6. The van der Waals surface area contributed by atoms with Crippen molar-refractivity contribution in [1.82, 2.24) is 44.0 Å². The highest BCUT2D eigenvalue weighted by Crippen LogP contribution is 2.19. The molecule has 2 unspecified atom stereocenters. The van der Waals surface area contributed by atoms with Crippen LogP contribution in [0.2, 0.25) is 0 Å². The number of esters is 2. The standard InChI is InChI=1S/C16H18N4O3.C15H16N4O3.C12H12N2O2.C3H7NO2.H2O4S/c1-11-15(13(9-17)18-10-14(21)23-3)16(22)20(19(11)2)12-7-5-4-6-8-12;1-9-12(13-14(21)17-11(20)8-16-13)15(22)19(18(9)2)10-6-4-3-5-7-10;1-9-11(8-15)12(16)14(13(9)2)10-6-4-3-5-7-10;1-6-3(5)2-4;1-5(2,3)4/h4-8,13,18H,10H2,1-3H3;3-7,13,16H,8H2,1-2H3,(H,17,20,21);3-8H,1-2H3;2,4H2,1H3;(H2,1,2,3,4). The van der Waals surface area contributed by atoms with Crippen LogP contribution >= 0.6 is 0 Å². The number of methoxy groups -OCH3 is 2. The number of hydrogen-bond acceptors (Lipinski definition) is 16. The minimum Gasteiger partial charge on any atom is -0.468 e. The number of ether oxygens (including phenoxy) is 2. The SMILES string of the molecule is COC(=O)CN.COC(=O)CNC(C#N)c1c(C)n(C)n(-c2ccccc2)c1=O.Cc1c(C2NCC(=O)NC2=O)c(=O)n(-c2ccccc2)n1C.Cc1c(C=O)c(=O)n(-c2ccccc2)n1C.O=S(=O)(O)O. The number of nitriles is 1. The molecule has 0 spiro atoms. The van der Waals surface area contributed by atoms with E-state index in [1.54, 1.807) is 56.0 Å². The van der Waals surface area contributed by atoms with Crippen LogP contribution in [0, 0.1) is 32.1 Å². The lowest BCUT2D eigenvalue weighted by Crippen LogP contribution is -2.52. The summed E-state index contributed by atoms with van der Waals surface area (Å²) in [6.07, 6.45) is 0.608. The van der Waals surface area contributed by atoms with Gasteiger partial charge in [0.15, 0.2) is 6.29 Å². The van der Waals surface area contributed by atoms with E-state index in [0.29, 0.717) is 40.2 Å². The van der Waals surface area contributed by atoms with E-state index in [0.717, 1.165) is 11.4 Å². The van der Waals surface area contributed by atoms with Gasteiger partial charge in [0.1, 0.15) is 17.6 Å². The van der Waals surface area contributed by atoms with Gasteiger partial charge in [0, 0.05) is 38.2 Å². The number of rotatable bonds is 10. The van der Waals surface area contributed by atoms with Crippen LogP contribution in [-0.2, 0) is 60.2 Å². The maximum Gasteiger partial charge on any atom is 0.394 e. The van der Waals surface area contributed by atoms with Crippen LogP contribution < -0.4 is 38.4 Å². The Hall–Kier alpha value is -8.32. The molecule has 384 valence electrons. The van der Waals surface area contributed by atoms with Crippen molar-refractivity contribution in [2.75, 3.05) is 33.9 Å². The Bertz CT molecular complexity index is 3190. The van der Waals surface area contributed by atoms with Crippen molar-refractivity contribution in [3.8, 4) is 23.1 Å². The highest BCUT2D eigenvalue weighted by atomic mass is 32.3. The number of nitrogens with one attached hydrogen (secondary N) is 3. The normalized spacial score (nSPS) is 13.1. The van der Waals surface area contributed by atoms with E-state index >= 15 is 0 Å². The number of amides is 2. The highest BCUT2D eigenvalue weighted by molar-refractivity contribution is 7.79. The third-order valence-electron chi connectivity index (χ3n) is 10.7. The first-order chi connectivity index (χ1) is 34.0. The fourth-order valence-electron chi connectivity index (χ4n) is 6.90. The topological polar surface area (TPSA) is 345 Å². The molecule has 0 saturated carbocycles. The summed E-state index contributed by atoms with van der Waals surface area (Å²) < 4.78 is 49.8. The number of aromatic nitrogens is 6. The van der Waals surface area contributed by atoms with Gasteiger partial charge < -0.3 is 15.2 Å². The van der Waals surface area contributed by atoms with E-state index < -0.39 is 40.3 Å². The van der Waals surface area contributed by atoms with Gasteiger partial charge in [-0.2, -0.15) is 13.7 Å². The third-order valence-corrected chi connectivity index (χ3v) is 10.7. The number of benzene rings is 3. The summed E-state index contributed by atoms with van der Waals surface area (Å²) in [6.45, 7) is 5.13. The molecule has 2 atom stereocenters. The number of piperazine rings is 1. The molecule has 3 aromatic heterocycles. The van der Waals surface area contributed by atoms with Gasteiger partial charge in [-0.15, -0.1) is 0 Å². The first-order valence-electron chi connectivity index (χ1n) is 21.2. The lowest BCUT2D eigenvalue weighted by Gasteiger charge is -2.21. The lowest BCUT2D eigenvalue weighted by molar-refractivity contribution is -0.140. The molecule has 1 aliphatic heterocycles. The molecule has 7 N–H and O–H groups in total. The van der Waals surface area contributed by atoms with Gasteiger partial charge in [0.05, 0.1) is 68.1 Å². The maximum atomic E-state index is 12.8. The maximum absolute atomic E-state index is 12.8. The van der Waals surface area contributed by atoms with Crippen LogP contribution in [0.5, 0.6) is 0 Å². The van der Waals surface area contributed by atoms with Crippen molar-refractivity contribution < 1.29 is 51.0 Å². The summed E-state index contributed by atoms with van der Waals surface area (Å²) in [6, 6.07) is 27.9. The number of nitrogens with two attached hydrogens (primary N) is 1. The van der Waals surface area contributed by atoms with E-state index in [1.165, 1.54) is 28.3 Å². The van der Waals surface area contributed by atoms with Crippen molar-refractivity contribution >= 4 is 40.4 Å². The van der Waals surface area contributed by atoms with Gasteiger partial charge in [0.25, 0.3) is 16.7 Å². The van der Waals surface area contributed by atoms with Crippen LogP contribution in [0.15, 0.2) is 105 Å². The Labute approximate surface area is 412 Å². The zero-order valence-electron chi connectivity index (χ0n) is 40.4. The molecule has 3 aromatic carbocycles. The van der Waals surface area contributed by atoms with Crippen molar-refractivity contribution in [3.05, 3.63) is 156 Å². The fraction of sp³-hybridized carbons (Fsp3) is 0.283. The molecule has 4 heterocycles. The van der Waals surface area contributed by atoms with E-state index in [-0.39, 0.29) is 47.8 Å². The fourth-order valence-corrected chi connectivity index (χ4v) is 6.90. The number of nitrogens with zero attached hydrogens (tertiary/aromatic N) is 7. The van der Waals surface area contributed by atoms with Gasteiger partial charge >= 0.3 is 22.3 Å². The molecule has 1 fully saturated rings. The number of para-hydroxylation sites is 3. The number of hydrogen-bond donors (Lipinski definition) is 6. The Balaban J connectivity index is 0.000000261. The molecule has 7 rings (SSSR count). The van der Waals surface area contributed by atoms with Crippen LogP contribution in [-0.4, -0.2) is 110 Å². The van der Waals surface area contributed by atoms with Gasteiger partial charge in [-0.3, -0.25) is 77.5 Å². The molecule has 1 aliphatic rings. The van der Waals surface area contributed by atoms with E-state index in [1.807, 2.05) is 97.1 Å². The number of carbonyl (C=O) groups excluding carboxylic acids is 5. The molecule has 26 heteroatoms. The largest absolute Gasteiger partial charge is 0.468 e. The molecular formula is C46H55N11O14S. The summed E-state index contributed by atoms with van der Waals surface area (Å²) in [7, 11) is 3.18. The predicted molar refractivity (Wildman–Crippen MR) is 260 cm³/mol. The predicted octanol–water partition coefficient (Wildman–Crippen LogP) is 0.345. The zero-order valence-corrected chi connectivity index (χ0v) is 41.2. The van der Waals surface area contributed by atoms with Crippen LogP contribution in [0.1, 0.15) is 50.7 Å². The third kappa shape index (κ3) is 14.8. The average Bonchev–Trinajstić information content (AvgIpc) is 3.82. The molecule has 72 heavy (non-hydrogen) atoms. The summed E-state index contributed by atoms with van der Waals surface area (Å²) in [4.78, 5) is 92.6. The Morgan fingerprint density at radius 3 is 1.54 bits per heavy atom. The molecule has 0 aliphatic carbocycles. The minimum absolute atomic E-state index is 0.00944. The van der Waals surface area contributed by atoms with E-state index in [2.05, 4.69) is 25.4 Å². The van der Waals surface area contributed by atoms with Gasteiger partial charge in [-0.1, -0.05) is 54.6 Å². The molecule has 0 radical (unpaired) electrons. The lowest BCUT2D eigenvalue weighted by atomic mass is 10.1. The first kappa shape index (κ1) is 58.0. The quantitative estimate of drug-likeness (QED) is 0.0466. The Kier molecular flexibility index (Phi) is 21.4. The molecular weight excluding hydrogens is 963 g/mol. The van der Waals surface area contributed by atoms with E-state index in [9.17, 15) is 43.6 Å². The van der Waals surface area contributed by atoms with Crippen LogP contribution in [0.3, 0.4) is 0 Å². The Morgan fingerprint density at radius 1 is 0.750 bits per heavy atom. The van der Waals surface area contributed by atoms with Crippen LogP contribution in [0.25, 0.3) is 17.1 Å². The Morgan fingerprint density at radius 2 is 1.17 bits per heavy atom. The zero-order chi connectivity index (χ0) is 54.0. The van der Waals surface area contributed by atoms with Gasteiger partial charge in [0.2, 0.25) is 11.8 Å². The summed E-state index contributed by atoms with van der Waals surface area (Å²) in [5, 5.41) is 17.2. The van der Waals surface area contributed by atoms with E-state index in [4.69, 9.17) is 23.3 Å². The highest BCUT2D eigenvalue weighted by Gasteiger charge is 2.33. The molecule has 6 aromatic rings. The number of imide groups is 1. The van der Waals surface area contributed by atoms with Crippen molar-refractivity contribution in [2.24, 2.45) is 26.9 Å². The number of aldehydes is 1. The minimum atomic E-state index is -4.67. The van der Waals surface area contributed by atoms with Crippen molar-refractivity contribution in [1.29, 1.82) is 5.26 Å². The summed E-state index contributed by atoms with van der Waals surface area (Å²) >= 11 is 0. The molecule has 2 amide bonds.